The zero-order valence-corrected chi connectivity index (χ0v) is 9.98. The Morgan fingerprint density at radius 1 is 1.62 bits per heavy atom. The van der Waals surface area contributed by atoms with Crippen LogP contribution in [0, 0.1) is 0 Å². The van der Waals surface area contributed by atoms with Crippen LogP contribution in [-0.2, 0) is 11.3 Å². The quantitative estimate of drug-likeness (QED) is 0.759. The van der Waals surface area contributed by atoms with E-state index in [9.17, 15) is 0 Å². The number of nitrogen functional groups attached to an aromatic ring is 1. The predicted octanol–water partition coefficient (Wildman–Crippen LogP) is -0.298. The molecule has 0 aromatic carbocycles. The Morgan fingerprint density at radius 3 is 3.06 bits per heavy atom. The fourth-order valence-electron chi connectivity index (χ4n) is 1.91. The minimum Gasteiger partial charge on any atom is -0.394 e. The number of aliphatic hydroxyl groups is 1. The van der Waals surface area contributed by atoms with Crippen molar-refractivity contribution in [1.82, 2.24) is 14.5 Å². The van der Waals surface area contributed by atoms with Crippen molar-refractivity contribution >= 4 is 16.5 Å². The second kappa shape index (κ2) is 5.05. The van der Waals surface area contributed by atoms with Gasteiger partial charge in [0.05, 0.1) is 18.8 Å². The van der Waals surface area contributed by atoms with Gasteiger partial charge in [-0.05, 0) is 6.92 Å². The Balaban J connectivity index is 1.96. The number of aliphatic hydroxyl groups excluding tert-OH is 1. The number of aromatic nitrogens is 2. The molecule has 0 bridgehead atoms. The maximum absolute atomic E-state index is 9.10. The van der Waals surface area contributed by atoms with E-state index in [1.54, 1.807) is 0 Å². The molecule has 0 amide bonds. The molecule has 1 aromatic heterocycles. The van der Waals surface area contributed by atoms with Crippen molar-refractivity contribution in [3.05, 3.63) is 5.69 Å². The summed E-state index contributed by atoms with van der Waals surface area (Å²) in [6.07, 6.45) is 0.00953. The topological polar surface area (TPSA) is 84.5 Å². The first-order valence-corrected chi connectivity index (χ1v) is 6.01. The summed E-state index contributed by atoms with van der Waals surface area (Å²) >= 11 is 1.21. The van der Waals surface area contributed by atoms with Crippen molar-refractivity contribution in [3.8, 4) is 0 Å². The Hall–Kier alpha value is -0.760. The zero-order valence-electron chi connectivity index (χ0n) is 9.17. The molecule has 1 saturated heterocycles. The summed E-state index contributed by atoms with van der Waals surface area (Å²) in [7, 11) is 0. The number of rotatable bonds is 3. The summed E-state index contributed by atoms with van der Waals surface area (Å²) in [6, 6.07) is 0. The fourth-order valence-corrected chi connectivity index (χ4v) is 2.35. The summed E-state index contributed by atoms with van der Waals surface area (Å²) in [6.45, 7) is 4.25. The molecule has 2 atom stereocenters. The lowest BCUT2D eigenvalue weighted by atomic mass is 10.2. The highest BCUT2D eigenvalue weighted by atomic mass is 32.1. The monoisotopic (exact) mass is 244 g/mol. The molecular weight excluding hydrogens is 228 g/mol. The highest BCUT2D eigenvalue weighted by Crippen LogP contribution is 2.18. The van der Waals surface area contributed by atoms with Gasteiger partial charge >= 0.3 is 0 Å². The molecule has 16 heavy (non-hydrogen) atoms. The van der Waals surface area contributed by atoms with E-state index in [1.807, 2.05) is 6.92 Å². The molecule has 2 unspecified atom stereocenters. The largest absolute Gasteiger partial charge is 0.394 e. The van der Waals surface area contributed by atoms with Crippen molar-refractivity contribution < 1.29 is 9.84 Å². The number of hydrogen-bond donors (Lipinski definition) is 2. The van der Waals surface area contributed by atoms with E-state index in [1.165, 1.54) is 11.5 Å². The maximum atomic E-state index is 9.10. The van der Waals surface area contributed by atoms with Crippen LogP contribution in [0.15, 0.2) is 0 Å². The van der Waals surface area contributed by atoms with Gasteiger partial charge in [-0.15, -0.1) is 5.10 Å². The number of hydrogen-bond acceptors (Lipinski definition) is 7. The van der Waals surface area contributed by atoms with E-state index < -0.39 is 0 Å². The molecule has 1 aromatic rings. The average molecular weight is 244 g/mol. The first kappa shape index (κ1) is 11.7. The minimum absolute atomic E-state index is 0.0473. The Kier molecular flexibility index (Phi) is 3.70. The first-order valence-electron chi connectivity index (χ1n) is 5.24. The van der Waals surface area contributed by atoms with Crippen molar-refractivity contribution in [3.63, 3.8) is 0 Å². The van der Waals surface area contributed by atoms with E-state index in [0.717, 1.165) is 12.2 Å². The first-order chi connectivity index (χ1) is 7.69. The summed E-state index contributed by atoms with van der Waals surface area (Å²) in [5, 5.41) is 13.8. The number of nitrogens with two attached hydrogens (primary N) is 1. The van der Waals surface area contributed by atoms with Gasteiger partial charge < -0.3 is 15.6 Å². The Morgan fingerprint density at radius 2 is 2.44 bits per heavy atom. The minimum atomic E-state index is -0.114. The van der Waals surface area contributed by atoms with Crippen LogP contribution < -0.4 is 5.73 Å². The van der Waals surface area contributed by atoms with Gasteiger partial charge in [0.25, 0.3) is 0 Å². The molecule has 2 heterocycles. The smallest absolute Gasteiger partial charge is 0.132 e. The summed E-state index contributed by atoms with van der Waals surface area (Å²) in [4.78, 5) is 2.18. The van der Waals surface area contributed by atoms with Gasteiger partial charge in [-0.25, -0.2) is 0 Å². The van der Waals surface area contributed by atoms with Gasteiger partial charge in [-0.2, -0.15) is 0 Å². The Labute approximate surface area is 98.2 Å². The number of anilines is 1. The molecule has 3 N–H and O–H groups in total. The molecule has 2 rings (SSSR count). The van der Waals surface area contributed by atoms with Crippen LogP contribution in [0.3, 0.4) is 0 Å². The molecule has 7 heteroatoms. The van der Waals surface area contributed by atoms with Crippen LogP contribution in [0.2, 0.25) is 0 Å². The molecule has 6 nitrogen and oxygen atoms in total. The molecule has 1 aliphatic rings. The number of morpholine rings is 1. The van der Waals surface area contributed by atoms with Gasteiger partial charge in [0.15, 0.2) is 0 Å². The molecule has 1 aliphatic heterocycles. The fraction of sp³-hybridized carbons (Fsp3) is 0.778. The van der Waals surface area contributed by atoms with Crippen molar-refractivity contribution in [2.75, 3.05) is 25.4 Å². The van der Waals surface area contributed by atoms with Gasteiger partial charge in [0.2, 0.25) is 0 Å². The molecule has 1 fully saturated rings. The SMILES string of the molecule is CC1CN(Cc2nnsc2N)CC(CO)O1. The lowest BCUT2D eigenvalue weighted by Crippen LogP contribution is -2.47. The summed E-state index contributed by atoms with van der Waals surface area (Å²) < 4.78 is 9.36. The predicted molar refractivity (Wildman–Crippen MR) is 61.0 cm³/mol. The van der Waals surface area contributed by atoms with Crippen LogP contribution in [0.1, 0.15) is 12.6 Å². The average Bonchev–Trinajstić information content (AvgIpc) is 2.63. The van der Waals surface area contributed by atoms with Crippen molar-refractivity contribution in [2.45, 2.75) is 25.7 Å². The lowest BCUT2D eigenvalue weighted by molar-refractivity contribution is -0.0974. The highest BCUT2D eigenvalue weighted by molar-refractivity contribution is 7.09. The summed E-state index contributed by atoms with van der Waals surface area (Å²) in [5.41, 5.74) is 6.56. The normalized spacial score (nSPS) is 27.1. The molecule has 0 saturated carbocycles. The lowest BCUT2D eigenvalue weighted by Gasteiger charge is -2.35. The maximum Gasteiger partial charge on any atom is 0.132 e. The van der Waals surface area contributed by atoms with Crippen molar-refractivity contribution in [2.24, 2.45) is 0 Å². The number of nitrogens with zero attached hydrogens (tertiary/aromatic N) is 3. The Bertz CT molecular complexity index is 346. The standard InChI is InChI=1S/C9H16N4O2S/c1-6-2-13(3-7(5-14)15-6)4-8-9(10)16-12-11-8/h6-7,14H,2-5,10H2,1H3. The van der Waals surface area contributed by atoms with Crippen LogP contribution in [-0.4, -0.2) is 51.5 Å². The zero-order chi connectivity index (χ0) is 11.5. The third-order valence-corrected chi connectivity index (χ3v) is 3.16. The van der Waals surface area contributed by atoms with Gasteiger partial charge in [-0.3, -0.25) is 4.90 Å². The van der Waals surface area contributed by atoms with Gasteiger partial charge in [-0.1, -0.05) is 4.49 Å². The van der Waals surface area contributed by atoms with Gasteiger partial charge in [0, 0.05) is 31.2 Å². The van der Waals surface area contributed by atoms with Crippen LogP contribution in [0.5, 0.6) is 0 Å². The molecule has 0 radical (unpaired) electrons. The third kappa shape index (κ3) is 2.67. The van der Waals surface area contributed by atoms with E-state index in [-0.39, 0.29) is 18.8 Å². The molecule has 0 spiro atoms. The van der Waals surface area contributed by atoms with Crippen LogP contribution in [0.4, 0.5) is 5.00 Å². The van der Waals surface area contributed by atoms with E-state index in [4.69, 9.17) is 15.6 Å². The molecule has 0 aliphatic carbocycles. The van der Waals surface area contributed by atoms with Crippen molar-refractivity contribution in [1.29, 1.82) is 0 Å². The highest BCUT2D eigenvalue weighted by Gasteiger charge is 2.25. The van der Waals surface area contributed by atoms with E-state index in [0.29, 0.717) is 18.1 Å². The van der Waals surface area contributed by atoms with Crippen LogP contribution >= 0.6 is 11.5 Å². The van der Waals surface area contributed by atoms with E-state index >= 15 is 0 Å². The molecular formula is C9H16N4O2S. The van der Waals surface area contributed by atoms with E-state index in [2.05, 4.69) is 14.5 Å². The van der Waals surface area contributed by atoms with Crippen LogP contribution in [0.25, 0.3) is 0 Å². The van der Waals surface area contributed by atoms with Gasteiger partial charge in [0.1, 0.15) is 10.7 Å². The second-order valence-electron chi connectivity index (χ2n) is 4.03. The molecule has 90 valence electrons. The number of ether oxygens (including phenoxy) is 1. The third-order valence-electron chi connectivity index (χ3n) is 2.56. The summed E-state index contributed by atoms with van der Waals surface area (Å²) in [5.74, 6) is 0. The second-order valence-corrected chi connectivity index (χ2v) is 4.81.